The van der Waals surface area contributed by atoms with Crippen molar-refractivity contribution in [1.29, 1.82) is 0 Å². The fourth-order valence-corrected chi connectivity index (χ4v) is 13.0. The van der Waals surface area contributed by atoms with Crippen molar-refractivity contribution >= 4 is 17.6 Å². The standard InChI is InChI=1S/C41H57NO9/c1-8-48-32(44)22-49-36(45)41-18-15-24(2)25(3)33(41)28-13-14-31-37(4)21-29(43)34-38(5,30(37)16-17-40(31,7)39(28,6)19-20-41)23-50-35(51-34)26-9-11-27(12-10-26)42(46)47/h9-13,24-25,29-31,33-35,43H,8,14-23H2,1-7H3/t24-,25+,29-,30?,31?,33?,34+,35?,37+,38+,39-,40-,41+/m1/s1. The number of carbonyl (C=O) groups is 2. The van der Waals surface area contributed by atoms with Gasteiger partial charge < -0.3 is 24.1 Å². The number of nitro groups is 1. The SMILES string of the molecule is CCOC(=O)COC(=O)[C@]12CC[C@@H](C)[C@H](C)C1C1=CCC3[C@@]4(C)C[C@@H](O)[C@@H]5OC(c6ccc([N+](=O)[O-])cc6)OC[C@@]5(C)C4CC[C@@]3(C)[C@]1(C)CC2. The largest absolute Gasteiger partial charge is 0.463 e. The molecule has 4 saturated carbocycles. The van der Waals surface area contributed by atoms with Gasteiger partial charge in [-0.15, -0.1) is 0 Å². The molecule has 51 heavy (non-hydrogen) atoms. The predicted octanol–water partition coefficient (Wildman–Crippen LogP) is 7.72. The minimum absolute atomic E-state index is 0.0153. The highest BCUT2D eigenvalue weighted by atomic mass is 16.7. The summed E-state index contributed by atoms with van der Waals surface area (Å²) in [4.78, 5) is 37.1. The highest BCUT2D eigenvalue weighted by molar-refractivity contribution is 5.82. The Bertz CT molecular complexity index is 1590. The van der Waals surface area contributed by atoms with Gasteiger partial charge in [0.2, 0.25) is 0 Å². The van der Waals surface area contributed by atoms with Gasteiger partial charge in [-0.05, 0) is 116 Å². The zero-order chi connectivity index (χ0) is 36.7. The zero-order valence-corrected chi connectivity index (χ0v) is 31.4. The number of esters is 2. The lowest BCUT2D eigenvalue weighted by Crippen LogP contribution is -2.69. The highest BCUT2D eigenvalue weighted by Gasteiger charge is 2.71. The average molecular weight is 708 g/mol. The molecule has 13 atom stereocenters. The molecule has 4 unspecified atom stereocenters. The van der Waals surface area contributed by atoms with Crippen LogP contribution in [-0.2, 0) is 28.5 Å². The van der Waals surface area contributed by atoms with Crippen molar-refractivity contribution in [3.8, 4) is 0 Å². The second-order valence-corrected chi connectivity index (χ2v) is 18.0. The molecule has 7 rings (SSSR count). The van der Waals surface area contributed by atoms with Crippen LogP contribution >= 0.6 is 0 Å². The van der Waals surface area contributed by atoms with Crippen LogP contribution in [0.4, 0.5) is 5.69 Å². The van der Waals surface area contributed by atoms with Crippen LogP contribution < -0.4 is 0 Å². The number of allylic oxidation sites excluding steroid dienone is 2. The van der Waals surface area contributed by atoms with Gasteiger partial charge in [-0.2, -0.15) is 0 Å². The summed E-state index contributed by atoms with van der Waals surface area (Å²) in [5.74, 6) is 0.643. The van der Waals surface area contributed by atoms with E-state index >= 15 is 0 Å². The van der Waals surface area contributed by atoms with Crippen LogP contribution in [0.5, 0.6) is 0 Å². The van der Waals surface area contributed by atoms with Gasteiger partial charge in [-0.1, -0.05) is 53.2 Å². The monoisotopic (exact) mass is 707 g/mol. The van der Waals surface area contributed by atoms with E-state index in [-0.39, 0.29) is 53.0 Å². The summed E-state index contributed by atoms with van der Waals surface area (Å²) in [5.41, 5.74) is 0.730. The van der Waals surface area contributed by atoms with Gasteiger partial charge in [0.15, 0.2) is 12.9 Å². The van der Waals surface area contributed by atoms with Crippen molar-refractivity contribution in [1.82, 2.24) is 0 Å². The summed E-state index contributed by atoms with van der Waals surface area (Å²) >= 11 is 0. The minimum atomic E-state index is -0.692. The molecule has 0 aromatic heterocycles. The van der Waals surface area contributed by atoms with Crippen LogP contribution in [0.25, 0.3) is 0 Å². The van der Waals surface area contributed by atoms with Crippen LogP contribution in [0, 0.1) is 66.8 Å². The fraction of sp³-hybridized carbons (Fsp3) is 0.756. The van der Waals surface area contributed by atoms with Gasteiger partial charge in [0.1, 0.15) is 0 Å². The Morgan fingerprint density at radius 2 is 1.71 bits per heavy atom. The molecule has 1 saturated heterocycles. The molecule has 0 amide bonds. The lowest BCUT2D eigenvalue weighted by Gasteiger charge is -2.72. The molecule has 1 N–H and O–H groups in total. The molecule has 0 bridgehead atoms. The van der Waals surface area contributed by atoms with Crippen LogP contribution in [0.1, 0.15) is 112 Å². The molecular formula is C41H57NO9. The Balaban J connectivity index is 1.18. The molecule has 1 heterocycles. The van der Waals surface area contributed by atoms with Gasteiger partial charge in [0.25, 0.3) is 5.69 Å². The molecule has 280 valence electrons. The number of nitro benzene ring substituents is 1. The van der Waals surface area contributed by atoms with Gasteiger partial charge in [0, 0.05) is 23.1 Å². The summed E-state index contributed by atoms with van der Waals surface area (Å²) in [6.45, 7) is 16.3. The Labute approximate surface area is 302 Å². The first-order valence-corrected chi connectivity index (χ1v) is 19.3. The molecule has 1 aromatic carbocycles. The lowest BCUT2D eigenvalue weighted by atomic mass is 9.33. The normalized spacial score (nSPS) is 45.8. The Morgan fingerprint density at radius 3 is 2.39 bits per heavy atom. The van der Waals surface area contributed by atoms with Crippen molar-refractivity contribution in [2.75, 3.05) is 19.8 Å². The molecule has 5 fully saturated rings. The van der Waals surface area contributed by atoms with E-state index in [1.54, 1.807) is 19.1 Å². The number of hydrogen-bond donors (Lipinski definition) is 1. The van der Waals surface area contributed by atoms with Gasteiger partial charge in [-0.3, -0.25) is 14.9 Å². The number of aliphatic hydroxyl groups is 1. The van der Waals surface area contributed by atoms with E-state index < -0.39 is 40.2 Å². The minimum Gasteiger partial charge on any atom is -0.463 e. The van der Waals surface area contributed by atoms with E-state index in [1.807, 2.05) is 0 Å². The van der Waals surface area contributed by atoms with E-state index in [0.717, 1.165) is 44.9 Å². The fourth-order valence-electron chi connectivity index (χ4n) is 13.0. The van der Waals surface area contributed by atoms with Crippen LogP contribution in [0.15, 0.2) is 35.9 Å². The number of nitrogens with zero attached hydrogens (tertiary/aromatic N) is 1. The predicted molar refractivity (Wildman–Crippen MR) is 189 cm³/mol. The summed E-state index contributed by atoms with van der Waals surface area (Å²) < 4.78 is 23.9. The number of fused-ring (bicyclic) bond motifs is 9. The molecule has 0 radical (unpaired) electrons. The van der Waals surface area contributed by atoms with Crippen molar-refractivity contribution in [2.24, 2.45) is 56.7 Å². The number of hydrogen-bond acceptors (Lipinski definition) is 9. The third-order valence-electron chi connectivity index (χ3n) is 15.9. The van der Waals surface area contributed by atoms with Gasteiger partial charge in [0.05, 0.1) is 35.8 Å². The van der Waals surface area contributed by atoms with Crippen molar-refractivity contribution in [2.45, 2.75) is 118 Å². The smallest absolute Gasteiger partial charge is 0.344 e. The molecule has 5 aliphatic carbocycles. The van der Waals surface area contributed by atoms with Crippen LogP contribution in [0.3, 0.4) is 0 Å². The number of ether oxygens (including phenoxy) is 4. The van der Waals surface area contributed by atoms with Gasteiger partial charge in [-0.25, -0.2) is 4.79 Å². The van der Waals surface area contributed by atoms with Crippen molar-refractivity contribution < 1.29 is 38.6 Å². The summed E-state index contributed by atoms with van der Waals surface area (Å²) in [5, 5.41) is 23.2. The Morgan fingerprint density at radius 1 is 0.980 bits per heavy atom. The number of carbonyl (C=O) groups excluding carboxylic acids is 2. The van der Waals surface area contributed by atoms with Gasteiger partial charge >= 0.3 is 11.9 Å². The maximum atomic E-state index is 14.1. The van der Waals surface area contributed by atoms with Crippen molar-refractivity contribution in [3.05, 3.63) is 51.6 Å². The second kappa shape index (κ2) is 12.7. The topological polar surface area (TPSA) is 134 Å². The van der Waals surface area contributed by atoms with Crippen LogP contribution in [-0.4, -0.2) is 54.0 Å². The highest BCUT2D eigenvalue weighted by Crippen LogP contribution is 2.76. The maximum absolute atomic E-state index is 14.1. The Kier molecular flexibility index (Phi) is 9.06. The molecule has 6 aliphatic rings. The van der Waals surface area contributed by atoms with E-state index in [1.165, 1.54) is 17.7 Å². The zero-order valence-electron chi connectivity index (χ0n) is 31.4. The summed E-state index contributed by atoms with van der Waals surface area (Å²) in [6.07, 6.45) is 7.59. The maximum Gasteiger partial charge on any atom is 0.344 e. The van der Waals surface area contributed by atoms with Crippen molar-refractivity contribution in [3.63, 3.8) is 0 Å². The molecule has 10 heteroatoms. The number of rotatable bonds is 6. The average Bonchev–Trinajstić information content (AvgIpc) is 3.09. The second-order valence-electron chi connectivity index (χ2n) is 18.0. The molecule has 10 nitrogen and oxygen atoms in total. The number of non-ortho nitro benzene ring substituents is 1. The first-order valence-electron chi connectivity index (χ1n) is 19.3. The lowest BCUT2D eigenvalue weighted by molar-refractivity contribution is -0.385. The van der Waals surface area contributed by atoms with E-state index in [9.17, 15) is 24.8 Å². The summed E-state index contributed by atoms with van der Waals surface area (Å²) in [6, 6.07) is 6.29. The number of benzene rings is 1. The molecule has 1 aliphatic heterocycles. The third-order valence-corrected chi connectivity index (χ3v) is 15.9. The first-order chi connectivity index (χ1) is 24.1. The van der Waals surface area contributed by atoms with Crippen LogP contribution in [0.2, 0.25) is 0 Å². The Hall–Kier alpha value is -2.82. The first kappa shape index (κ1) is 36.5. The van der Waals surface area contributed by atoms with E-state index in [0.29, 0.717) is 36.3 Å². The van der Waals surface area contributed by atoms with E-state index in [4.69, 9.17) is 18.9 Å². The van der Waals surface area contributed by atoms with E-state index in [2.05, 4.69) is 47.6 Å². The molecule has 1 aromatic rings. The molecular weight excluding hydrogens is 650 g/mol. The third kappa shape index (κ3) is 5.27. The quantitative estimate of drug-likeness (QED) is 0.136. The molecule has 0 spiro atoms. The summed E-state index contributed by atoms with van der Waals surface area (Å²) in [7, 11) is 0. The number of aliphatic hydroxyl groups excluding tert-OH is 1.